The van der Waals surface area contributed by atoms with Crippen molar-refractivity contribution >= 4 is 10.8 Å². The summed E-state index contributed by atoms with van der Waals surface area (Å²) in [6.07, 6.45) is 9.26. The SMILES string of the molecule is C=CCCC1CCC(c2ccc3c(F)c(F)ccc3c2)CC1. The summed E-state index contributed by atoms with van der Waals surface area (Å²) in [5, 5.41) is 1.17. The summed E-state index contributed by atoms with van der Waals surface area (Å²) < 4.78 is 27.0. The van der Waals surface area contributed by atoms with Gasteiger partial charge in [-0.2, -0.15) is 0 Å². The highest BCUT2D eigenvalue weighted by molar-refractivity contribution is 5.84. The molecule has 22 heavy (non-hydrogen) atoms. The number of fused-ring (bicyclic) bond motifs is 1. The third-order valence-corrected chi connectivity index (χ3v) is 5.03. The monoisotopic (exact) mass is 300 g/mol. The Morgan fingerprint density at radius 1 is 1.05 bits per heavy atom. The average Bonchev–Trinajstić information content (AvgIpc) is 2.56. The first-order chi connectivity index (χ1) is 10.7. The van der Waals surface area contributed by atoms with E-state index in [4.69, 9.17) is 0 Å². The molecule has 3 rings (SSSR count). The van der Waals surface area contributed by atoms with Crippen molar-refractivity contribution in [3.8, 4) is 0 Å². The van der Waals surface area contributed by atoms with Gasteiger partial charge in [-0.3, -0.25) is 0 Å². The molecule has 0 spiro atoms. The van der Waals surface area contributed by atoms with E-state index in [1.165, 1.54) is 43.7 Å². The summed E-state index contributed by atoms with van der Waals surface area (Å²) in [4.78, 5) is 0. The summed E-state index contributed by atoms with van der Waals surface area (Å²) in [7, 11) is 0. The molecule has 1 fully saturated rings. The third-order valence-electron chi connectivity index (χ3n) is 5.03. The van der Waals surface area contributed by atoms with Crippen LogP contribution in [0.15, 0.2) is 43.0 Å². The molecule has 2 aromatic rings. The lowest BCUT2D eigenvalue weighted by molar-refractivity contribution is 0.312. The Hall–Kier alpha value is -1.70. The summed E-state index contributed by atoms with van der Waals surface area (Å²) in [6.45, 7) is 3.79. The highest BCUT2D eigenvalue weighted by atomic mass is 19.2. The molecular formula is C20H22F2. The Kier molecular flexibility index (Phi) is 4.56. The van der Waals surface area contributed by atoms with E-state index in [0.717, 1.165) is 17.7 Å². The summed E-state index contributed by atoms with van der Waals surface area (Å²) in [5.41, 5.74) is 1.26. The van der Waals surface area contributed by atoms with Crippen molar-refractivity contribution in [2.24, 2.45) is 5.92 Å². The Labute approximate surface area is 130 Å². The highest BCUT2D eigenvalue weighted by Crippen LogP contribution is 2.38. The van der Waals surface area contributed by atoms with Crippen molar-refractivity contribution in [3.05, 3.63) is 60.2 Å². The molecule has 0 saturated heterocycles. The molecule has 0 atom stereocenters. The molecule has 0 heterocycles. The zero-order valence-corrected chi connectivity index (χ0v) is 12.8. The molecule has 1 aliphatic rings. The van der Waals surface area contributed by atoms with Gasteiger partial charge in [0.15, 0.2) is 11.6 Å². The van der Waals surface area contributed by atoms with Crippen LogP contribution in [-0.4, -0.2) is 0 Å². The Balaban J connectivity index is 1.75. The maximum absolute atomic E-state index is 13.8. The van der Waals surface area contributed by atoms with Crippen LogP contribution in [0.4, 0.5) is 8.78 Å². The molecule has 0 radical (unpaired) electrons. The molecule has 0 amide bonds. The predicted molar refractivity (Wildman–Crippen MR) is 88.0 cm³/mol. The number of allylic oxidation sites excluding steroid dienone is 1. The van der Waals surface area contributed by atoms with E-state index in [2.05, 4.69) is 6.58 Å². The van der Waals surface area contributed by atoms with Crippen LogP contribution in [0.3, 0.4) is 0 Å². The Morgan fingerprint density at radius 2 is 1.82 bits per heavy atom. The van der Waals surface area contributed by atoms with Crippen molar-refractivity contribution in [1.82, 2.24) is 0 Å². The van der Waals surface area contributed by atoms with Gasteiger partial charge in [0.2, 0.25) is 0 Å². The lowest BCUT2D eigenvalue weighted by atomic mass is 9.77. The quantitative estimate of drug-likeness (QED) is 0.576. The maximum Gasteiger partial charge on any atom is 0.166 e. The van der Waals surface area contributed by atoms with Crippen molar-refractivity contribution in [3.63, 3.8) is 0 Å². The number of hydrogen-bond acceptors (Lipinski definition) is 0. The van der Waals surface area contributed by atoms with E-state index in [-0.39, 0.29) is 0 Å². The molecule has 0 aliphatic heterocycles. The van der Waals surface area contributed by atoms with Crippen LogP contribution in [0.2, 0.25) is 0 Å². The minimum Gasteiger partial charge on any atom is -0.204 e. The van der Waals surface area contributed by atoms with Crippen LogP contribution in [0.1, 0.15) is 50.0 Å². The first-order valence-electron chi connectivity index (χ1n) is 8.17. The number of hydrogen-bond donors (Lipinski definition) is 0. The standard InChI is InChI=1S/C20H22F2/c1-2-3-4-14-5-7-15(8-6-14)16-9-11-18-17(13-16)10-12-19(21)20(18)22/h2,9-15H,1,3-8H2. The topological polar surface area (TPSA) is 0 Å². The van der Waals surface area contributed by atoms with Crippen LogP contribution in [-0.2, 0) is 0 Å². The molecule has 116 valence electrons. The van der Waals surface area contributed by atoms with Crippen molar-refractivity contribution in [2.75, 3.05) is 0 Å². The first kappa shape index (κ1) is 15.2. The van der Waals surface area contributed by atoms with Gasteiger partial charge in [-0.25, -0.2) is 8.78 Å². The first-order valence-corrected chi connectivity index (χ1v) is 8.17. The largest absolute Gasteiger partial charge is 0.204 e. The van der Waals surface area contributed by atoms with Gasteiger partial charge in [0, 0.05) is 5.39 Å². The van der Waals surface area contributed by atoms with Crippen LogP contribution in [0.5, 0.6) is 0 Å². The van der Waals surface area contributed by atoms with Crippen LogP contribution < -0.4 is 0 Å². The van der Waals surface area contributed by atoms with E-state index in [1.807, 2.05) is 18.2 Å². The summed E-state index contributed by atoms with van der Waals surface area (Å²) >= 11 is 0. The minimum atomic E-state index is -0.775. The van der Waals surface area contributed by atoms with Crippen molar-refractivity contribution < 1.29 is 8.78 Å². The second kappa shape index (κ2) is 6.60. The van der Waals surface area contributed by atoms with Gasteiger partial charge in [0.05, 0.1) is 0 Å². The van der Waals surface area contributed by atoms with Crippen LogP contribution in [0.25, 0.3) is 10.8 Å². The summed E-state index contributed by atoms with van der Waals surface area (Å²) in [6, 6.07) is 8.62. The molecule has 0 bridgehead atoms. The van der Waals surface area contributed by atoms with Gasteiger partial charge < -0.3 is 0 Å². The Morgan fingerprint density at radius 3 is 2.55 bits per heavy atom. The second-order valence-electron chi connectivity index (χ2n) is 6.43. The average molecular weight is 300 g/mol. The molecule has 0 N–H and O–H groups in total. The fourth-order valence-electron chi connectivity index (χ4n) is 3.68. The molecule has 2 aromatic carbocycles. The number of benzene rings is 2. The number of rotatable bonds is 4. The van der Waals surface area contributed by atoms with Gasteiger partial charge in [-0.05, 0) is 67.4 Å². The van der Waals surface area contributed by atoms with Gasteiger partial charge >= 0.3 is 0 Å². The molecular weight excluding hydrogens is 278 g/mol. The lowest BCUT2D eigenvalue weighted by Crippen LogP contribution is -2.13. The summed E-state index contributed by atoms with van der Waals surface area (Å²) in [5.74, 6) is -0.140. The molecule has 0 unspecified atom stereocenters. The van der Waals surface area contributed by atoms with Crippen molar-refractivity contribution in [1.29, 1.82) is 0 Å². The third kappa shape index (κ3) is 3.06. The zero-order chi connectivity index (χ0) is 15.5. The lowest BCUT2D eigenvalue weighted by Gasteiger charge is -2.28. The van der Waals surface area contributed by atoms with E-state index < -0.39 is 11.6 Å². The molecule has 0 aromatic heterocycles. The van der Waals surface area contributed by atoms with E-state index >= 15 is 0 Å². The van der Waals surface area contributed by atoms with Crippen molar-refractivity contribution in [2.45, 2.75) is 44.4 Å². The van der Waals surface area contributed by atoms with Gasteiger partial charge in [0.25, 0.3) is 0 Å². The maximum atomic E-state index is 13.8. The van der Waals surface area contributed by atoms with E-state index in [0.29, 0.717) is 11.3 Å². The molecule has 2 heteroatoms. The van der Waals surface area contributed by atoms with Gasteiger partial charge in [-0.15, -0.1) is 6.58 Å². The predicted octanol–water partition coefficient (Wildman–Crippen LogP) is 6.36. The number of halogens is 2. The Bertz CT molecular complexity index is 667. The normalized spacial score (nSPS) is 21.9. The molecule has 0 nitrogen and oxygen atoms in total. The van der Waals surface area contributed by atoms with Crippen LogP contribution >= 0.6 is 0 Å². The van der Waals surface area contributed by atoms with Crippen LogP contribution in [0, 0.1) is 17.6 Å². The fourth-order valence-corrected chi connectivity index (χ4v) is 3.68. The van der Waals surface area contributed by atoms with Gasteiger partial charge in [-0.1, -0.05) is 30.3 Å². The molecule has 1 aliphatic carbocycles. The highest BCUT2D eigenvalue weighted by Gasteiger charge is 2.22. The minimum absolute atomic E-state index is 0.378. The molecule has 1 saturated carbocycles. The van der Waals surface area contributed by atoms with Gasteiger partial charge in [0.1, 0.15) is 0 Å². The van der Waals surface area contributed by atoms with E-state index in [1.54, 1.807) is 12.1 Å². The zero-order valence-electron chi connectivity index (χ0n) is 12.8. The van der Waals surface area contributed by atoms with E-state index in [9.17, 15) is 8.78 Å². The fraction of sp³-hybridized carbons (Fsp3) is 0.400. The second-order valence-corrected chi connectivity index (χ2v) is 6.43. The smallest absolute Gasteiger partial charge is 0.166 e.